The molecule has 2 aliphatic rings. The number of cyclic esters (lactones) is 1. The number of aliphatic carboxylic acids is 3. The number of hydrogen-bond donors (Lipinski definition) is 6. The van der Waals surface area contributed by atoms with Crippen LogP contribution >= 0.6 is 0 Å². The van der Waals surface area contributed by atoms with Gasteiger partial charge in [-0.1, -0.05) is 36.4 Å². The van der Waals surface area contributed by atoms with E-state index >= 15 is 0 Å². The summed E-state index contributed by atoms with van der Waals surface area (Å²) in [6.45, 7) is 2.82. The van der Waals surface area contributed by atoms with Crippen molar-refractivity contribution < 1.29 is 49.1 Å². The first-order valence-corrected chi connectivity index (χ1v) is 13.3. The van der Waals surface area contributed by atoms with Crippen molar-refractivity contribution >= 4 is 35.6 Å². The third-order valence-electron chi connectivity index (χ3n) is 7.53. The van der Waals surface area contributed by atoms with Gasteiger partial charge in [-0.15, -0.1) is 0 Å². The minimum Gasteiger partial charge on any atom is -0.481 e. The predicted molar refractivity (Wildman–Crippen MR) is 148 cm³/mol. The number of nitrogens with zero attached hydrogens (tertiary/aromatic N) is 1. The summed E-state index contributed by atoms with van der Waals surface area (Å²) in [5, 5.41) is 36.5. The molecule has 7 N–H and O–H groups in total. The van der Waals surface area contributed by atoms with Crippen molar-refractivity contribution in [2.75, 3.05) is 18.4 Å². The number of anilines is 1. The first-order valence-electron chi connectivity index (χ1n) is 13.3. The highest BCUT2D eigenvalue weighted by molar-refractivity contribution is 5.88. The summed E-state index contributed by atoms with van der Waals surface area (Å²) in [5.41, 5.74) is 6.93. The molecule has 13 nitrogen and oxygen atoms in total. The van der Waals surface area contributed by atoms with Gasteiger partial charge in [-0.3, -0.25) is 24.6 Å². The fraction of sp³-hybridized carbons (Fsp3) is 0.414. The number of carboxylic acid groups (broad SMARTS) is 3. The van der Waals surface area contributed by atoms with Crippen LogP contribution in [0.3, 0.4) is 0 Å². The smallest absolute Gasteiger partial charge is 0.411 e. The van der Waals surface area contributed by atoms with Crippen LogP contribution in [0.1, 0.15) is 48.8 Å². The number of aliphatic hydroxyl groups is 1. The van der Waals surface area contributed by atoms with Gasteiger partial charge in [0.1, 0.15) is 6.61 Å². The Morgan fingerprint density at radius 3 is 2.12 bits per heavy atom. The normalized spacial score (nSPS) is 16.1. The van der Waals surface area contributed by atoms with Crippen LogP contribution in [0.5, 0.6) is 0 Å². The summed E-state index contributed by atoms with van der Waals surface area (Å²) in [5.74, 6) is -5.19. The Morgan fingerprint density at radius 1 is 0.952 bits per heavy atom. The first kappa shape index (κ1) is 32.0. The van der Waals surface area contributed by atoms with E-state index in [1.807, 2.05) is 30.3 Å². The summed E-state index contributed by atoms with van der Waals surface area (Å²) < 4.78 is 5.05. The summed E-state index contributed by atoms with van der Waals surface area (Å²) in [7, 11) is 0. The largest absolute Gasteiger partial charge is 0.481 e. The number of ether oxygens (including phenoxy) is 1. The number of carboxylic acids is 3. The van der Waals surface area contributed by atoms with Crippen molar-refractivity contribution in [3.8, 4) is 0 Å². The van der Waals surface area contributed by atoms with E-state index in [4.69, 9.17) is 30.9 Å². The van der Waals surface area contributed by atoms with Crippen LogP contribution in [-0.4, -0.2) is 73.9 Å². The number of nitrogens with two attached hydrogens (primary N) is 1. The van der Waals surface area contributed by atoms with Crippen molar-refractivity contribution in [2.24, 2.45) is 11.1 Å². The standard InChI is InChI=1S/C23H27N3O3.C6H8O7/c24-21(27)23(9-8-17-4-2-1-3-5-17)10-12-26(13-11-23)15-18-6-7-20-19(14-18)16-29-22(28)25-20;7-3(8)1-6(13,5(11)12)2-4(9)10/h1-7,14H,8-13,15-16H2,(H2,24,27)(H,25,28);13H,1-2H2,(H,7,8)(H,9,10)(H,11,12). The van der Waals surface area contributed by atoms with Gasteiger partial charge in [0.2, 0.25) is 5.91 Å². The van der Waals surface area contributed by atoms with E-state index in [1.54, 1.807) is 0 Å². The van der Waals surface area contributed by atoms with Crippen molar-refractivity contribution in [1.29, 1.82) is 0 Å². The third kappa shape index (κ3) is 8.75. The van der Waals surface area contributed by atoms with Gasteiger partial charge >= 0.3 is 24.0 Å². The number of nitrogens with one attached hydrogen (secondary N) is 1. The molecule has 0 atom stereocenters. The van der Waals surface area contributed by atoms with Crippen LogP contribution in [0.15, 0.2) is 48.5 Å². The summed E-state index contributed by atoms with van der Waals surface area (Å²) in [6.07, 6.45) is 0.567. The Labute approximate surface area is 241 Å². The van der Waals surface area contributed by atoms with Crippen LogP contribution in [0, 0.1) is 5.41 Å². The number of piperidine rings is 1. The lowest BCUT2D eigenvalue weighted by atomic mass is 9.73. The molecule has 0 radical (unpaired) electrons. The van der Waals surface area contributed by atoms with Crippen LogP contribution < -0.4 is 11.1 Å². The van der Waals surface area contributed by atoms with Crippen LogP contribution in [-0.2, 0) is 43.5 Å². The average molecular weight is 586 g/mol. The molecule has 0 bridgehead atoms. The Kier molecular flexibility index (Phi) is 10.6. The molecular formula is C29H35N3O10. The average Bonchev–Trinajstić information content (AvgIpc) is 2.93. The van der Waals surface area contributed by atoms with Gasteiger partial charge in [-0.2, -0.15) is 0 Å². The van der Waals surface area contributed by atoms with E-state index in [1.165, 1.54) is 11.1 Å². The second-order valence-electron chi connectivity index (χ2n) is 10.6. The third-order valence-corrected chi connectivity index (χ3v) is 7.53. The fourth-order valence-electron chi connectivity index (χ4n) is 5.04. The molecule has 13 heteroatoms. The van der Waals surface area contributed by atoms with Gasteiger partial charge in [-0.05, 0) is 62.0 Å². The molecule has 1 fully saturated rings. The van der Waals surface area contributed by atoms with Gasteiger partial charge in [0.15, 0.2) is 5.60 Å². The van der Waals surface area contributed by atoms with E-state index in [-0.39, 0.29) is 5.91 Å². The highest BCUT2D eigenvalue weighted by atomic mass is 16.5. The number of hydrogen-bond acceptors (Lipinski definition) is 8. The molecule has 0 unspecified atom stereocenters. The molecule has 2 aliphatic heterocycles. The molecule has 1 saturated heterocycles. The number of rotatable bonds is 11. The van der Waals surface area contributed by atoms with Crippen LogP contribution in [0.2, 0.25) is 0 Å². The van der Waals surface area contributed by atoms with Gasteiger partial charge in [-0.25, -0.2) is 9.59 Å². The number of carbonyl (C=O) groups excluding carboxylic acids is 2. The zero-order valence-corrected chi connectivity index (χ0v) is 23.0. The highest BCUT2D eigenvalue weighted by Crippen LogP contribution is 2.36. The molecule has 226 valence electrons. The lowest BCUT2D eigenvalue weighted by Crippen LogP contribution is -2.47. The van der Waals surface area contributed by atoms with Crippen molar-refractivity contribution in [2.45, 2.75) is 57.3 Å². The maximum Gasteiger partial charge on any atom is 0.411 e. The van der Waals surface area contributed by atoms with E-state index in [0.29, 0.717) is 6.61 Å². The number of aryl methyl sites for hydroxylation is 1. The second kappa shape index (κ2) is 13.9. The quantitative estimate of drug-likeness (QED) is 0.225. The number of benzene rings is 2. The minimum atomic E-state index is -2.74. The monoisotopic (exact) mass is 585 g/mol. The SMILES string of the molecule is NC(=O)C1(CCc2ccccc2)CCN(Cc2ccc3c(c2)COC(=O)N3)CC1.O=C(O)CC(O)(CC(=O)O)C(=O)O. The lowest BCUT2D eigenvalue weighted by Gasteiger charge is -2.40. The Morgan fingerprint density at radius 2 is 1.57 bits per heavy atom. The van der Waals surface area contributed by atoms with Crippen LogP contribution in [0.4, 0.5) is 10.5 Å². The maximum absolute atomic E-state index is 12.3. The van der Waals surface area contributed by atoms with Gasteiger partial charge in [0.25, 0.3) is 0 Å². The molecule has 0 aliphatic carbocycles. The summed E-state index contributed by atoms with van der Waals surface area (Å²) in [4.78, 5) is 56.5. The molecule has 4 rings (SSSR count). The van der Waals surface area contributed by atoms with E-state index < -0.39 is 47.9 Å². The molecule has 0 spiro atoms. The lowest BCUT2D eigenvalue weighted by molar-refractivity contribution is -0.170. The molecule has 2 amide bonds. The molecule has 2 aromatic rings. The minimum absolute atomic E-state index is 0.172. The zero-order valence-electron chi connectivity index (χ0n) is 23.0. The molecular weight excluding hydrogens is 550 g/mol. The molecule has 42 heavy (non-hydrogen) atoms. The fourth-order valence-corrected chi connectivity index (χ4v) is 5.04. The van der Waals surface area contributed by atoms with Gasteiger partial charge in [0, 0.05) is 12.1 Å². The van der Waals surface area contributed by atoms with Gasteiger partial charge < -0.3 is 30.9 Å². The maximum atomic E-state index is 12.3. The molecule has 0 saturated carbocycles. The zero-order chi connectivity index (χ0) is 30.9. The molecule has 2 heterocycles. The van der Waals surface area contributed by atoms with Crippen molar-refractivity contribution in [3.63, 3.8) is 0 Å². The highest BCUT2D eigenvalue weighted by Gasteiger charge is 2.41. The van der Waals surface area contributed by atoms with E-state index in [2.05, 4.69) is 28.4 Å². The van der Waals surface area contributed by atoms with Crippen LogP contribution in [0.25, 0.3) is 0 Å². The number of fused-ring (bicyclic) bond motifs is 1. The predicted octanol–water partition coefficient (Wildman–Crippen LogP) is 2.20. The van der Waals surface area contributed by atoms with Crippen molar-refractivity contribution in [3.05, 3.63) is 65.2 Å². The number of amides is 2. The number of primary amides is 1. The summed E-state index contributed by atoms with van der Waals surface area (Å²) >= 11 is 0. The Bertz CT molecular complexity index is 1290. The second-order valence-corrected chi connectivity index (χ2v) is 10.6. The van der Waals surface area contributed by atoms with Crippen molar-refractivity contribution in [1.82, 2.24) is 4.90 Å². The Hall–Kier alpha value is -4.49. The van der Waals surface area contributed by atoms with E-state index in [9.17, 15) is 24.0 Å². The topological polar surface area (TPSA) is 217 Å². The Balaban J connectivity index is 0.000000316. The first-order chi connectivity index (χ1) is 19.8. The number of carbonyl (C=O) groups is 5. The molecule has 2 aromatic carbocycles. The summed E-state index contributed by atoms with van der Waals surface area (Å²) in [6, 6.07) is 16.3. The molecule has 0 aromatic heterocycles. The number of likely N-dealkylation sites (tertiary alicyclic amines) is 1. The van der Waals surface area contributed by atoms with Gasteiger partial charge in [0.05, 0.1) is 23.9 Å². The van der Waals surface area contributed by atoms with E-state index in [0.717, 1.165) is 56.6 Å².